The molecule has 11 heteroatoms. The van der Waals surface area contributed by atoms with Crippen LogP contribution in [0.25, 0.3) is 0 Å². The van der Waals surface area contributed by atoms with Crippen LogP contribution in [-0.2, 0) is 33.7 Å². The van der Waals surface area contributed by atoms with Gasteiger partial charge in [-0.1, -0.05) is 69.6 Å². The molecule has 10 nitrogen and oxygen atoms in total. The van der Waals surface area contributed by atoms with Crippen molar-refractivity contribution in [1.82, 2.24) is 9.62 Å². The van der Waals surface area contributed by atoms with E-state index < -0.39 is 52.6 Å². The van der Waals surface area contributed by atoms with Gasteiger partial charge >= 0.3 is 6.09 Å². The fraction of sp³-hybridized carbons (Fsp3) is 0.774. The molecule has 42 heavy (non-hydrogen) atoms. The number of amides is 1. The Morgan fingerprint density at radius 3 is 2.33 bits per heavy atom. The number of likely N-dealkylation sites (tertiary alicyclic amines) is 1. The summed E-state index contributed by atoms with van der Waals surface area (Å²) in [5.41, 5.74) is 0.914. The Hall–Kier alpha value is -1.76. The standard InChI is InChI=1S/C31H50N2O8S/c1-5-6-7-8-9-10-11-14-21-37-27-26(39-29-28(27)40-31(3,4)41-29)25(22-33-19-12-13-20-33)38-30(34)32-42(35,36)24-17-15-23(2)16-18-24/h15-18,25-29H,5-14,19-22H2,1-4H3,(H,32,34)/t25?,26-,27+,28-,29-/m1/s1. The Kier molecular flexibility index (Phi) is 12.1. The zero-order chi connectivity index (χ0) is 30.2. The Morgan fingerprint density at radius 1 is 1.02 bits per heavy atom. The Morgan fingerprint density at radius 2 is 1.67 bits per heavy atom. The lowest BCUT2D eigenvalue weighted by atomic mass is 10.0. The molecule has 4 rings (SSSR count). The molecule has 3 fully saturated rings. The monoisotopic (exact) mass is 610 g/mol. The van der Waals surface area contributed by atoms with Gasteiger partial charge in [0.05, 0.1) is 4.90 Å². The molecule has 3 aliphatic heterocycles. The second-order valence-electron chi connectivity index (χ2n) is 12.2. The first-order chi connectivity index (χ1) is 20.1. The number of carbonyl (C=O) groups excluding carboxylic acids is 1. The summed E-state index contributed by atoms with van der Waals surface area (Å²) in [5.74, 6) is -0.828. The van der Waals surface area contributed by atoms with Crippen LogP contribution in [-0.4, -0.2) is 82.1 Å². The summed E-state index contributed by atoms with van der Waals surface area (Å²) in [5, 5.41) is 0. The molecule has 0 bridgehead atoms. The lowest BCUT2D eigenvalue weighted by Gasteiger charge is -2.32. The van der Waals surface area contributed by atoms with Gasteiger partial charge in [-0.15, -0.1) is 0 Å². The van der Waals surface area contributed by atoms with E-state index in [0.717, 1.165) is 44.3 Å². The highest BCUT2D eigenvalue weighted by molar-refractivity contribution is 7.90. The van der Waals surface area contributed by atoms with E-state index in [-0.39, 0.29) is 4.90 Å². The van der Waals surface area contributed by atoms with Gasteiger partial charge in [-0.2, -0.15) is 0 Å². The van der Waals surface area contributed by atoms with Crippen molar-refractivity contribution in [1.29, 1.82) is 0 Å². The van der Waals surface area contributed by atoms with Crippen LogP contribution in [0, 0.1) is 6.92 Å². The summed E-state index contributed by atoms with van der Waals surface area (Å²) in [7, 11) is -4.11. The van der Waals surface area contributed by atoms with Gasteiger partial charge in [-0.3, -0.25) is 4.90 Å². The van der Waals surface area contributed by atoms with Crippen molar-refractivity contribution in [3.8, 4) is 0 Å². The van der Waals surface area contributed by atoms with Crippen molar-refractivity contribution in [2.45, 2.75) is 133 Å². The van der Waals surface area contributed by atoms with Crippen LogP contribution in [0.15, 0.2) is 29.2 Å². The Labute approximate surface area is 251 Å². The molecule has 0 aliphatic carbocycles. The second-order valence-corrected chi connectivity index (χ2v) is 13.9. The van der Waals surface area contributed by atoms with Crippen molar-refractivity contribution >= 4 is 16.1 Å². The molecule has 1 aromatic rings. The molecule has 1 N–H and O–H groups in total. The fourth-order valence-electron chi connectivity index (χ4n) is 5.92. The molecule has 0 radical (unpaired) electrons. The van der Waals surface area contributed by atoms with E-state index in [1.54, 1.807) is 12.1 Å². The van der Waals surface area contributed by atoms with Crippen molar-refractivity contribution in [3.63, 3.8) is 0 Å². The molecule has 1 unspecified atom stereocenters. The number of fused-ring (bicyclic) bond motifs is 1. The summed E-state index contributed by atoms with van der Waals surface area (Å²) < 4.78 is 58.6. The molecular formula is C31H50N2O8S. The minimum absolute atomic E-state index is 0.0107. The summed E-state index contributed by atoms with van der Waals surface area (Å²) in [4.78, 5) is 15.2. The molecule has 3 saturated heterocycles. The molecule has 0 spiro atoms. The number of aryl methyl sites for hydroxylation is 1. The number of nitrogens with zero attached hydrogens (tertiary/aromatic N) is 1. The Balaban J connectivity index is 1.41. The summed E-state index contributed by atoms with van der Waals surface area (Å²) in [6, 6.07) is 6.27. The third-order valence-electron chi connectivity index (χ3n) is 8.15. The minimum Gasteiger partial charge on any atom is -0.441 e. The highest BCUT2D eigenvalue weighted by atomic mass is 32.2. The maximum Gasteiger partial charge on any atom is 0.421 e. The molecule has 238 valence electrons. The summed E-state index contributed by atoms with van der Waals surface area (Å²) in [6.07, 6.45) is 7.40. The largest absolute Gasteiger partial charge is 0.441 e. The van der Waals surface area contributed by atoms with Crippen molar-refractivity contribution in [3.05, 3.63) is 29.8 Å². The Bertz CT molecular complexity index is 1090. The number of hydrogen-bond donors (Lipinski definition) is 1. The maximum atomic E-state index is 13.0. The van der Waals surface area contributed by atoms with E-state index in [4.69, 9.17) is 23.7 Å². The summed E-state index contributed by atoms with van der Waals surface area (Å²) >= 11 is 0. The van der Waals surface area contributed by atoms with Gasteiger partial charge in [0, 0.05) is 13.2 Å². The molecule has 5 atom stereocenters. The average molecular weight is 611 g/mol. The fourth-order valence-corrected chi connectivity index (χ4v) is 6.80. The number of benzene rings is 1. The minimum atomic E-state index is -4.11. The van der Waals surface area contributed by atoms with E-state index in [1.165, 1.54) is 50.7 Å². The molecule has 3 aliphatic rings. The predicted molar refractivity (Wildman–Crippen MR) is 158 cm³/mol. The van der Waals surface area contributed by atoms with Crippen LogP contribution in [0.2, 0.25) is 0 Å². The maximum absolute atomic E-state index is 13.0. The van der Waals surface area contributed by atoms with Crippen LogP contribution in [0.5, 0.6) is 0 Å². The predicted octanol–water partition coefficient (Wildman–Crippen LogP) is 5.28. The van der Waals surface area contributed by atoms with Gasteiger partial charge in [0.15, 0.2) is 12.1 Å². The van der Waals surface area contributed by atoms with Gasteiger partial charge in [-0.05, 0) is 65.3 Å². The van der Waals surface area contributed by atoms with Crippen LogP contribution in [0.4, 0.5) is 4.79 Å². The number of carbonyl (C=O) groups is 1. The van der Waals surface area contributed by atoms with Crippen LogP contribution < -0.4 is 4.72 Å². The number of ether oxygens (including phenoxy) is 5. The normalized spacial score (nSPS) is 26.3. The smallest absolute Gasteiger partial charge is 0.421 e. The number of hydrogen-bond acceptors (Lipinski definition) is 9. The topological polar surface area (TPSA) is 113 Å². The molecular weight excluding hydrogens is 560 g/mol. The van der Waals surface area contributed by atoms with Crippen molar-refractivity contribution in [2.75, 3.05) is 26.2 Å². The van der Waals surface area contributed by atoms with E-state index in [2.05, 4.69) is 16.5 Å². The van der Waals surface area contributed by atoms with Crippen LogP contribution in [0.3, 0.4) is 0 Å². The van der Waals surface area contributed by atoms with E-state index in [1.807, 2.05) is 20.8 Å². The molecule has 1 aromatic carbocycles. The zero-order valence-electron chi connectivity index (χ0n) is 25.7. The number of unbranched alkanes of at least 4 members (excludes halogenated alkanes) is 7. The lowest BCUT2D eigenvalue weighted by Crippen LogP contribution is -2.50. The van der Waals surface area contributed by atoms with E-state index >= 15 is 0 Å². The SMILES string of the molecule is CCCCCCCCCCO[C@@H]1[C@H]2OC(C)(C)O[C@H]2O[C@@H]1C(CN1CCCC1)OC(=O)NS(=O)(=O)c1ccc(C)cc1. The zero-order valence-corrected chi connectivity index (χ0v) is 26.5. The van der Waals surface area contributed by atoms with Gasteiger partial charge in [0.2, 0.25) is 0 Å². The van der Waals surface area contributed by atoms with Gasteiger partial charge in [-0.25, -0.2) is 17.9 Å². The van der Waals surface area contributed by atoms with E-state index in [9.17, 15) is 13.2 Å². The molecule has 1 amide bonds. The first-order valence-electron chi connectivity index (χ1n) is 15.7. The van der Waals surface area contributed by atoms with Gasteiger partial charge in [0.25, 0.3) is 10.0 Å². The number of sulfonamides is 1. The number of nitrogens with one attached hydrogen (secondary N) is 1. The second kappa shape index (κ2) is 15.3. The van der Waals surface area contributed by atoms with Crippen LogP contribution >= 0.6 is 0 Å². The third-order valence-corrected chi connectivity index (χ3v) is 9.47. The van der Waals surface area contributed by atoms with Crippen LogP contribution in [0.1, 0.15) is 90.5 Å². The average Bonchev–Trinajstić information content (AvgIpc) is 3.62. The van der Waals surface area contributed by atoms with Crippen molar-refractivity contribution in [2.24, 2.45) is 0 Å². The third kappa shape index (κ3) is 9.37. The van der Waals surface area contributed by atoms with Gasteiger partial charge in [0.1, 0.15) is 24.4 Å². The highest BCUT2D eigenvalue weighted by Crippen LogP contribution is 2.40. The molecule has 0 saturated carbocycles. The first-order valence-corrected chi connectivity index (χ1v) is 17.2. The highest BCUT2D eigenvalue weighted by Gasteiger charge is 2.58. The molecule has 3 heterocycles. The van der Waals surface area contributed by atoms with Gasteiger partial charge < -0.3 is 23.7 Å². The quantitative estimate of drug-likeness (QED) is 0.250. The number of rotatable bonds is 16. The van der Waals surface area contributed by atoms with Crippen molar-refractivity contribution < 1.29 is 36.9 Å². The molecule has 0 aromatic heterocycles. The van der Waals surface area contributed by atoms with E-state index in [0.29, 0.717) is 13.2 Å². The summed E-state index contributed by atoms with van der Waals surface area (Å²) in [6.45, 7) is 10.4. The first kappa shape index (κ1) is 33.1. The lowest BCUT2D eigenvalue weighted by molar-refractivity contribution is -0.230.